The van der Waals surface area contributed by atoms with Crippen molar-refractivity contribution in [1.29, 1.82) is 0 Å². The lowest BCUT2D eigenvalue weighted by molar-refractivity contribution is -0.139. The highest BCUT2D eigenvalue weighted by Crippen LogP contribution is 2.37. The monoisotopic (exact) mass is 709 g/mol. The van der Waals surface area contributed by atoms with Gasteiger partial charge in [0.05, 0.1) is 31.9 Å². The van der Waals surface area contributed by atoms with Gasteiger partial charge < -0.3 is 24.4 Å². The molecule has 0 spiro atoms. The number of rotatable bonds is 15. The Bertz CT molecular complexity index is 1550. The van der Waals surface area contributed by atoms with Gasteiger partial charge in [-0.3, -0.25) is 13.9 Å². The third-order valence-corrected chi connectivity index (χ3v) is 9.41. The summed E-state index contributed by atoms with van der Waals surface area (Å²) in [7, 11) is -0.210. The molecule has 0 aromatic heterocycles. The maximum absolute atomic E-state index is 14.3. The number of benzene rings is 3. The van der Waals surface area contributed by atoms with E-state index in [1.807, 2.05) is 31.2 Å². The first kappa shape index (κ1) is 35.0. The van der Waals surface area contributed by atoms with E-state index >= 15 is 0 Å². The second-order valence-electron chi connectivity index (χ2n) is 9.81. The van der Waals surface area contributed by atoms with Crippen LogP contribution in [0.3, 0.4) is 0 Å². The van der Waals surface area contributed by atoms with E-state index in [9.17, 15) is 18.0 Å². The number of ether oxygens (including phenoxy) is 3. The molecule has 0 saturated heterocycles. The molecule has 0 unspecified atom stereocenters. The van der Waals surface area contributed by atoms with Crippen LogP contribution in [0.4, 0.5) is 5.69 Å². The molecule has 10 nitrogen and oxygen atoms in total. The van der Waals surface area contributed by atoms with Crippen molar-refractivity contribution in [2.45, 2.75) is 44.2 Å². The summed E-state index contributed by atoms with van der Waals surface area (Å²) in [6, 6.07) is 15.0. The highest BCUT2D eigenvalue weighted by molar-refractivity contribution is 9.10. The van der Waals surface area contributed by atoms with Crippen LogP contribution in [0.1, 0.15) is 32.3 Å². The molecule has 1 atom stereocenters. The molecule has 0 aliphatic rings. The summed E-state index contributed by atoms with van der Waals surface area (Å²) in [6.07, 6.45) is 1.67. The van der Waals surface area contributed by atoms with Gasteiger partial charge in [0.2, 0.25) is 11.8 Å². The Morgan fingerprint density at radius 2 is 1.57 bits per heavy atom. The number of hydrogen-bond acceptors (Lipinski definition) is 7. The minimum absolute atomic E-state index is 0.0479. The van der Waals surface area contributed by atoms with Gasteiger partial charge >= 0.3 is 0 Å². The lowest BCUT2D eigenvalue weighted by Crippen LogP contribution is -2.51. The minimum atomic E-state index is -4.43. The van der Waals surface area contributed by atoms with E-state index in [4.69, 9.17) is 25.8 Å². The smallest absolute Gasteiger partial charge is 0.265 e. The predicted octanol–water partition coefficient (Wildman–Crippen LogP) is 5.66. The maximum Gasteiger partial charge on any atom is 0.265 e. The van der Waals surface area contributed by atoms with Crippen LogP contribution in [0.5, 0.6) is 17.2 Å². The molecule has 0 heterocycles. The van der Waals surface area contributed by atoms with Gasteiger partial charge in [-0.15, -0.1) is 0 Å². The number of methoxy groups -OCH3 is 3. The standard InChI is InChI=1S/C31H37BrClN3O7S/c1-6-7-16-34-31(38)21(2)35(19-22-8-10-23(32)11-9-22)30(37)20-36(26-17-24(33)12-14-27(26)41-3)44(39,40)25-13-15-28(42-4)29(18-25)43-5/h8-15,17-18,21H,6-7,16,19-20H2,1-5H3,(H,34,38)/t21-/m1/s1. The first-order chi connectivity index (χ1) is 21.0. The van der Waals surface area contributed by atoms with Gasteiger partial charge in [0.1, 0.15) is 18.3 Å². The lowest BCUT2D eigenvalue weighted by atomic mass is 10.1. The normalized spacial score (nSPS) is 11.8. The number of sulfonamides is 1. The number of carbonyl (C=O) groups excluding carboxylic acids is 2. The zero-order valence-electron chi connectivity index (χ0n) is 25.3. The first-order valence-corrected chi connectivity index (χ1v) is 16.5. The number of halogens is 2. The van der Waals surface area contributed by atoms with Crippen LogP contribution in [0, 0.1) is 0 Å². The highest BCUT2D eigenvalue weighted by Gasteiger charge is 2.34. The number of nitrogens with one attached hydrogen (secondary N) is 1. The molecule has 0 aliphatic carbocycles. The number of amides is 2. The van der Waals surface area contributed by atoms with E-state index < -0.39 is 28.5 Å². The number of hydrogen-bond donors (Lipinski definition) is 1. The van der Waals surface area contributed by atoms with Crippen LogP contribution >= 0.6 is 27.5 Å². The highest BCUT2D eigenvalue weighted by atomic mass is 79.9. The van der Waals surface area contributed by atoms with Crippen molar-refractivity contribution < 1.29 is 32.2 Å². The van der Waals surface area contributed by atoms with Crippen molar-refractivity contribution in [3.05, 3.63) is 75.7 Å². The number of unbranched alkanes of at least 4 members (excludes halogenated alkanes) is 1. The second-order valence-corrected chi connectivity index (χ2v) is 13.0. The van der Waals surface area contributed by atoms with E-state index in [1.54, 1.807) is 13.0 Å². The zero-order valence-corrected chi connectivity index (χ0v) is 28.5. The van der Waals surface area contributed by atoms with E-state index in [0.717, 1.165) is 27.2 Å². The van der Waals surface area contributed by atoms with Crippen LogP contribution in [0.15, 0.2) is 70.0 Å². The maximum atomic E-state index is 14.3. The molecule has 3 aromatic carbocycles. The summed E-state index contributed by atoms with van der Waals surface area (Å²) >= 11 is 9.72. The van der Waals surface area contributed by atoms with E-state index in [1.165, 1.54) is 56.6 Å². The molecule has 1 N–H and O–H groups in total. The van der Waals surface area contributed by atoms with Crippen LogP contribution in [0.25, 0.3) is 0 Å². The van der Waals surface area contributed by atoms with E-state index in [-0.39, 0.29) is 39.6 Å². The Labute approximate surface area is 272 Å². The predicted molar refractivity (Wildman–Crippen MR) is 174 cm³/mol. The summed E-state index contributed by atoms with van der Waals surface area (Å²) in [5.74, 6) is -0.267. The fraction of sp³-hybridized carbons (Fsp3) is 0.355. The van der Waals surface area contributed by atoms with Gasteiger partial charge in [0.15, 0.2) is 11.5 Å². The summed E-state index contributed by atoms with van der Waals surface area (Å²) in [4.78, 5) is 28.5. The van der Waals surface area contributed by atoms with Crippen molar-refractivity contribution >= 4 is 55.1 Å². The Hall–Kier alpha value is -3.48. The topological polar surface area (TPSA) is 114 Å². The molecule has 0 aliphatic heterocycles. The third kappa shape index (κ3) is 8.58. The van der Waals surface area contributed by atoms with Crippen molar-refractivity contribution in [2.24, 2.45) is 0 Å². The Morgan fingerprint density at radius 3 is 2.18 bits per heavy atom. The molecule has 0 saturated carbocycles. The molecule has 44 heavy (non-hydrogen) atoms. The summed E-state index contributed by atoms with van der Waals surface area (Å²) in [5.41, 5.74) is 0.802. The molecule has 3 rings (SSSR count). The SMILES string of the molecule is CCCCNC(=O)[C@@H](C)N(Cc1ccc(Br)cc1)C(=O)CN(c1cc(Cl)ccc1OC)S(=O)(=O)c1ccc(OC)c(OC)c1. The van der Waals surface area contributed by atoms with Gasteiger partial charge in [-0.05, 0) is 61.4 Å². The summed E-state index contributed by atoms with van der Waals surface area (Å²) in [5, 5.41) is 3.10. The molecule has 0 bridgehead atoms. The van der Waals surface area contributed by atoms with Crippen molar-refractivity contribution in [3.8, 4) is 17.2 Å². The molecule has 3 aromatic rings. The fourth-order valence-electron chi connectivity index (χ4n) is 4.38. The molecule has 238 valence electrons. The Balaban J connectivity index is 2.11. The molecule has 0 radical (unpaired) electrons. The molecular weight excluding hydrogens is 674 g/mol. The van der Waals surface area contributed by atoms with Gasteiger partial charge in [-0.2, -0.15) is 0 Å². The average Bonchev–Trinajstić information content (AvgIpc) is 3.02. The third-order valence-electron chi connectivity index (χ3n) is 6.89. The molecule has 0 fully saturated rings. The minimum Gasteiger partial charge on any atom is -0.495 e. The van der Waals surface area contributed by atoms with Crippen molar-refractivity contribution in [2.75, 3.05) is 38.7 Å². The van der Waals surface area contributed by atoms with Crippen LogP contribution in [0.2, 0.25) is 5.02 Å². The lowest BCUT2D eigenvalue weighted by Gasteiger charge is -2.32. The van der Waals surface area contributed by atoms with Gasteiger partial charge in [0, 0.05) is 28.7 Å². The summed E-state index contributed by atoms with van der Waals surface area (Å²) < 4.78 is 46.4. The quantitative estimate of drug-likeness (QED) is 0.203. The zero-order chi connectivity index (χ0) is 32.4. The van der Waals surface area contributed by atoms with Crippen LogP contribution < -0.4 is 23.8 Å². The first-order valence-electron chi connectivity index (χ1n) is 13.9. The van der Waals surface area contributed by atoms with Crippen molar-refractivity contribution in [3.63, 3.8) is 0 Å². The molecule has 2 amide bonds. The van der Waals surface area contributed by atoms with Gasteiger partial charge in [0.25, 0.3) is 10.0 Å². The number of carbonyl (C=O) groups is 2. The summed E-state index contributed by atoms with van der Waals surface area (Å²) in [6.45, 7) is 3.49. The average molecular weight is 711 g/mol. The van der Waals surface area contributed by atoms with Gasteiger partial charge in [-0.1, -0.05) is 53.0 Å². The number of anilines is 1. The largest absolute Gasteiger partial charge is 0.495 e. The fourth-order valence-corrected chi connectivity index (χ4v) is 6.24. The van der Waals surface area contributed by atoms with Gasteiger partial charge in [-0.25, -0.2) is 8.42 Å². The van der Waals surface area contributed by atoms with Crippen LogP contribution in [-0.2, 0) is 26.2 Å². The molecule has 13 heteroatoms. The Kier molecular flexibility index (Phi) is 12.7. The van der Waals surface area contributed by atoms with E-state index in [2.05, 4.69) is 21.2 Å². The Morgan fingerprint density at radius 1 is 0.932 bits per heavy atom. The van der Waals surface area contributed by atoms with Crippen LogP contribution in [-0.4, -0.2) is 65.6 Å². The van der Waals surface area contributed by atoms with E-state index in [0.29, 0.717) is 12.3 Å². The second kappa shape index (κ2) is 16.0. The number of nitrogens with zero attached hydrogens (tertiary/aromatic N) is 2. The van der Waals surface area contributed by atoms with Crippen molar-refractivity contribution in [1.82, 2.24) is 10.2 Å². The molecular formula is C31H37BrClN3O7S.